The number of hydrogen-bond acceptors (Lipinski definition) is 3. The van der Waals surface area contributed by atoms with Gasteiger partial charge in [0.15, 0.2) is 5.58 Å². The molecule has 286 valence electrons. The van der Waals surface area contributed by atoms with Gasteiger partial charge in [0.25, 0.3) is 0 Å². The monoisotopic (exact) mass is 779 g/mol. The summed E-state index contributed by atoms with van der Waals surface area (Å²) in [5.41, 5.74) is 15.7. The molecule has 3 heteroatoms. The smallest absolute Gasteiger partial charge is 0.159 e. The lowest BCUT2D eigenvalue weighted by Crippen LogP contribution is -2.10. The van der Waals surface area contributed by atoms with Crippen molar-refractivity contribution >= 4 is 71.7 Å². The Labute approximate surface area is 353 Å². The van der Waals surface area contributed by atoms with Crippen molar-refractivity contribution in [2.24, 2.45) is 0 Å². The molecule has 0 saturated heterocycles. The van der Waals surface area contributed by atoms with E-state index in [0.717, 1.165) is 88.6 Å². The molecule has 12 rings (SSSR count). The van der Waals surface area contributed by atoms with Gasteiger partial charge in [0.2, 0.25) is 0 Å². The van der Waals surface area contributed by atoms with Crippen LogP contribution in [0.25, 0.3) is 99.2 Å². The van der Waals surface area contributed by atoms with Crippen molar-refractivity contribution in [3.8, 4) is 44.5 Å². The lowest BCUT2D eigenvalue weighted by molar-refractivity contribution is 0.669. The van der Waals surface area contributed by atoms with Gasteiger partial charge in [-0.3, -0.25) is 0 Å². The molecule has 0 atom stereocenters. The van der Waals surface area contributed by atoms with Crippen LogP contribution in [0.3, 0.4) is 0 Å². The molecule has 61 heavy (non-hydrogen) atoms. The zero-order valence-electron chi connectivity index (χ0n) is 33.1. The van der Waals surface area contributed by atoms with Crippen LogP contribution < -0.4 is 4.90 Å². The van der Waals surface area contributed by atoms with Gasteiger partial charge in [-0.15, -0.1) is 0 Å². The highest BCUT2D eigenvalue weighted by atomic mass is 16.3. The first kappa shape index (κ1) is 34.9. The van der Waals surface area contributed by atoms with Crippen molar-refractivity contribution in [3.63, 3.8) is 0 Å². The number of furan rings is 2. The molecule has 2 aromatic heterocycles. The number of rotatable bonds is 7. The van der Waals surface area contributed by atoms with Gasteiger partial charge in [0.05, 0.1) is 5.69 Å². The van der Waals surface area contributed by atoms with Crippen LogP contribution in [0.15, 0.2) is 233 Å². The molecule has 0 fully saturated rings. The Kier molecular flexibility index (Phi) is 8.17. The highest BCUT2D eigenvalue weighted by Gasteiger charge is 2.21. The van der Waals surface area contributed by atoms with E-state index in [-0.39, 0.29) is 0 Å². The number of para-hydroxylation sites is 2. The third kappa shape index (κ3) is 6.06. The van der Waals surface area contributed by atoms with E-state index in [1.807, 2.05) is 12.1 Å². The molecule has 0 saturated carbocycles. The molecular formula is C58H37NO2. The fourth-order valence-electron chi connectivity index (χ4n) is 8.99. The van der Waals surface area contributed by atoms with Gasteiger partial charge in [0.1, 0.15) is 16.7 Å². The van der Waals surface area contributed by atoms with Crippen LogP contribution >= 0.6 is 0 Å². The maximum absolute atomic E-state index is 6.78. The average Bonchev–Trinajstić information content (AvgIpc) is 3.90. The van der Waals surface area contributed by atoms with E-state index >= 15 is 0 Å². The van der Waals surface area contributed by atoms with E-state index in [4.69, 9.17) is 8.83 Å². The summed E-state index contributed by atoms with van der Waals surface area (Å²) in [5.74, 6) is 0. The van der Waals surface area contributed by atoms with Crippen molar-refractivity contribution in [1.82, 2.24) is 0 Å². The molecule has 2 heterocycles. The van der Waals surface area contributed by atoms with Gasteiger partial charge in [-0.25, -0.2) is 0 Å². The molecular weight excluding hydrogens is 743 g/mol. The van der Waals surface area contributed by atoms with Crippen LogP contribution in [-0.4, -0.2) is 0 Å². The molecule has 0 aliphatic rings. The molecule has 0 unspecified atom stereocenters. The first-order chi connectivity index (χ1) is 30.2. The zero-order chi connectivity index (χ0) is 40.3. The average molecular weight is 780 g/mol. The lowest BCUT2D eigenvalue weighted by atomic mass is 9.94. The topological polar surface area (TPSA) is 29.5 Å². The highest BCUT2D eigenvalue weighted by molar-refractivity contribution is 6.15. The second-order valence-electron chi connectivity index (χ2n) is 15.7. The Bertz CT molecular complexity index is 3550. The molecule has 0 spiro atoms. The number of fused-ring (bicyclic) bond motifs is 7. The Morgan fingerprint density at radius 3 is 1.46 bits per heavy atom. The second-order valence-corrected chi connectivity index (χ2v) is 15.7. The normalized spacial score (nSPS) is 11.6. The zero-order valence-corrected chi connectivity index (χ0v) is 33.1. The van der Waals surface area contributed by atoms with Crippen molar-refractivity contribution < 1.29 is 8.83 Å². The van der Waals surface area contributed by atoms with Gasteiger partial charge in [-0.05, 0) is 110 Å². The fraction of sp³-hybridized carbons (Fsp3) is 0. The summed E-state index contributed by atoms with van der Waals surface area (Å²) in [6.07, 6.45) is 0. The highest BCUT2D eigenvalue weighted by Crippen LogP contribution is 2.45. The van der Waals surface area contributed by atoms with Gasteiger partial charge in [-0.1, -0.05) is 164 Å². The van der Waals surface area contributed by atoms with Crippen LogP contribution in [-0.2, 0) is 0 Å². The van der Waals surface area contributed by atoms with E-state index in [2.05, 4.69) is 217 Å². The summed E-state index contributed by atoms with van der Waals surface area (Å²) >= 11 is 0. The minimum Gasteiger partial charge on any atom is -0.455 e. The predicted octanol–water partition coefficient (Wildman–Crippen LogP) is 16.8. The van der Waals surface area contributed by atoms with E-state index in [1.54, 1.807) is 0 Å². The Morgan fingerprint density at radius 2 is 0.787 bits per heavy atom. The summed E-state index contributed by atoms with van der Waals surface area (Å²) < 4.78 is 13.4. The largest absolute Gasteiger partial charge is 0.455 e. The fourth-order valence-corrected chi connectivity index (χ4v) is 8.99. The van der Waals surface area contributed by atoms with Crippen LogP contribution in [0.2, 0.25) is 0 Å². The van der Waals surface area contributed by atoms with Crippen LogP contribution in [0.4, 0.5) is 17.1 Å². The SMILES string of the molecule is c1ccc(-c2ccc(-c3cc(-c4ccc(N(c5ccc(-c6ccccc6)cc5)c5cccc6c5oc5ccccc56)cc4)cc4c3oc3cc5ccccc5cc34)cc2)cc1. The Morgan fingerprint density at radius 1 is 0.279 bits per heavy atom. The number of anilines is 3. The van der Waals surface area contributed by atoms with Gasteiger partial charge < -0.3 is 13.7 Å². The van der Waals surface area contributed by atoms with Crippen LogP contribution in [0.5, 0.6) is 0 Å². The van der Waals surface area contributed by atoms with Crippen molar-refractivity contribution in [2.45, 2.75) is 0 Å². The Hall–Kier alpha value is -8.14. The molecule has 0 aliphatic carbocycles. The predicted molar refractivity (Wildman–Crippen MR) is 255 cm³/mol. The number of benzene rings is 10. The lowest BCUT2D eigenvalue weighted by Gasteiger charge is -2.26. The molecule has 0 N–H and O–H groups in total. The second kappa shape index (κ2) is 14.3. The molecule has 10 aromatic carbocycles. The van der Waals surface area contributed by atoms with E-state index in [9.17, 15) is 0 Å². The van der Waals surface area contributed by atoms with Crippen molar-refractivity contribution in [3.05, 3.63) is 224 Å². The van der Waals surface area contributed by atoms with Gasteiger partial charge in [-0.2, -0.15) is 0 Å². The molecule has 0 aliphatic heterocycles. The summed E-state index contributed by atoms with van der Waals surface area (Å²) in [7, 11) is 0. The van der Waals surface area contributed by atoms with Crippen molar-refractivity contribution in [2.75, 3.05) is 4.90 Å². The maximum atomic E-state index is 6.78. The third-order valence-electron chi connectivity index (χ3n) is 12.1. The first-order valence-electron chi connectivity index (χ1n) is 20.7. The molecule has 0 bridgehead atoms. The Balaban J connectivity index is 1.01. The van der Waals surface area contributed by atoms with E-state index in [1.165, 1.54) is 27.6 Å². The van der Waals surface area contributed by atoms with Crippen LogP contribution in [0.1, 0.15) is 0 Å². The minimum atomic E-state index is 0.854. The molecule has 3 nitrogen and oxygen atoms in total. The number of hydrogen-bond donors (Lipinski definition) is 0. The summed E-state index contributed by atoms with van der Waals surface area (Å²) in [5, 5.41) is 6.76. The summed E-state index contributed by atoms with van der Waals surface area (Å²) in [6.45, 7) is 0. The van der Waals surface area contributed by atoms with Crippen molar-refractivity contribution in [1.29, 1.82) is 0 Å². The minimum absolute atomic E-state index is 0.854. The third-order valence-corrected chi connectivity index (χ3v) is 12.1. The van der Waals surface area contributed by atoms with Crippen LogP contribution in [0, 0.1) is 0 Å². The first-order valence-corrected chi connectivity index (χ1v) is 20.7. The number of nitrogens with zero attached hydrogens (tertiary/aromatic N) is 1. The summed E-state index contributed by atoms with van der Waals surface area (Å²) in [6, 6.07) is 79.8. The molecule has 12 aromatic rings. The van der Waals surface area contributed by atoms with E-state index in [0.29, 0.717) is 0 Å². The van der Waals surface area contributed by atoms with E-state index < -0.39 is 0 Å². The van der Waals surface area contributed by atoms with Gasteiger partial charge >= 0.3 is 0 Å². The summed E-state index contributed by atoms with van der Waals surface area (Å²) in [4.78, 5) is 2.31. The quantitative estimate of drug-likeness (QED) is 0.161. The standard InChI is InChI=1S/C58H37NO2/c1-3-12-38(13-4-1)40-22-24-43(25-23-40)51-35-46(36-53-52-34-44-16-7-8-17-45(44)37-56(52)61-57(51)53)42-28-32-48(33-29-42)59(47-30-26-41(27-31-47)39-14-5-2-6-15-39)54-20-11-19-50-49-18-9-10-21-55(49)60-58(50)54/h1-37H. The molecule has 0 amide bonds. The van der Waals surface area contributed by atoms with Gasteiger partial charge in [0, 0.05) is 38.5 Å². The maximum Gasteiger partial charge on any atom is 0.159 e. The molecule has 0 radical (unpaired) electrons.